The quantitative estimate of drug-likeness (QED) is 0.220. The Morgan fingerprint density at radius 3 is 2.28 bits per heavy atom. The van der Waals surface area contributed by atoms with Gasteiger partial charge in [0.2, 0.25) is 5.88 Å². The second kappa shape index (κ2) is 13.7. The molecule has 0 aromatic carbocycles. The Bertz CT molecular complexity index is 598. The van der Waals surface area contributed by atoms with Gasteiger partial charge >= 0.3 is 11.9 Å². The molecule has 0 bridgehead atoms. The van der Waals surface area contributed by atoms with Crippen LogP contribution in [0.3, 0.4) is 0 Å². The molecule has 0 atom stereocenters. The number of ether oxygens (including phenoxy) is 2. The van der Waals surface area contributed by atoms with E-state index in [-0.39, 0.29) is 40.3 Å². The van der Waals surface area contributed by atoms with Crippen molar-refractivity contribution < 1.29 is 30.7 Å². The fraction of sp³-hybridized carbons (Fsp3) is 0.529. The molecule has 0 fully saturated rings. The minimum atomic E-state index is -1.00. The average molecular weight is 354 g/mol. The zero-order valence-electron chi connectivity index (χ0n) is 14.6. The minimum absolute atomic E-state index is 0. The summed E-state index contributed by atoms with van der Waals surface area (Å²) in [5, 5.41) is 17.7. The second-order valence-electron chi connectivity index (χ2n) is 4.69. The summed E-state index contributed by atoms with van der Waals surface area (Å²) in [6.45, 7) is 8.04. The highest BCUT2D eigenvalue weighted by Crippen LogP contribution is 2.04. The number of aliphatic carboxylic acids is 2. The molecule has 0 amide bonds. The highest BCUT2D eigenvalue weighted by atomic mass is 16.5. The third-order valence-corrected chi connectivity index (χ3v) is 2.86. The van der Waals surface area contributed by atoms with Crippen LogP contribution in [0.25, 0.3) is 0 Å². The molecule has 2 N–H and O–H groups in total. The molecule has 0 radical (unpaired) electrons. The Morgan fingerprint density at radius 1 is 1.08 bits per heavy atom. The van der Waals surface area contributed by atoms with Crippen molar-refractivity contribution in [3.8, 4) is 0 Å². The summed E-state index contributed by atoms with van der Waals surface area (Å²) >= 11 is 0. The summed E-state index contributed by atoms with van der Waals surface area (Å²) < 4.78 is 10.9. The van der Waals surface area contributed by atoms with Crippen molar-refractivity contribution in [1.29, 1.82) is 0 Å². The van der Waals surface area contributed by atoms with Crippen LogP contribution in [0.1, 0.15) is 15.3 Å². The fourth-order valence-electron chi connectivity index (χ4n) is 1.66. The summed E-state index contributed by atoms with van der Waals surface area (Å²) in [5.41, 5.74) is 10.0. The third kappa shape index (κ3) is 11.5. The first kappa shape index (κ1) is 22.3. The van der Waals surface area contributed by atoms with Crippen molar-refractivity contribution in [1.82, 2.24) is 9.80 Å². The zero-order valence-corrected chi connectivity index (χ0v) is 14.6. The van der Waals surface area contributed by atoms with Gasteiger partial charge in [0.15, 0.2) is 0 Å². The van der Waals surface area contributed by atoms with E-state index in [0.29, 0.717) is 13.1 Å². The molecule has 0 aliphatic carbocycles. The molecule has 0 saturated carbocycles. The topological polar surface area (TPSA) is 99.5 Å². The summed E-state index contributed by atoms with van der Waals surface area (Å²) in [7, 11) is 0. The van der Waals surface area contributed by atoms with Crippen LogP contribution in [0.2, 0.25) is 0 Å². The molecule has 0 saturated heterocycles. The maximum atomic E-state index is 10.9. The lowest BCUT2D eigenvalue weighted by Gasteiger charge is -2.22. The Kier molecular flexibility index (Phi) is 12.3. The number of likely N-dealkylation sites (N-methyl/N-ethyl adjacent to an activating group) is 2. The number of carboxylic acid groups (broad SMARTS) is 2. The molecule has 140 valence electrons. The molecule has 25 heavy (non-hydrogen) atoms. The average Bonchev–Trinajstić information content (AvgIpc) is 2.56. The Morgan fingerprint density at radius 2 is 1.76 bits per heavy atom. The van der Waals surface area contributed by atoms with Gasteiger partial charge in [-0.1, -0.05) is 12.7 Å². The summed E-state index contributed by atoms with van der Waals surface area (Å²) in [6, 6.07) is 0. The van der Waals surface area contributed by atoms with Gasteiger partial charge in [-0.05, 0) is 31.5 Å². The lowest BCUT2D eigenvalue weighted by atomic mass is 10.5. The molecular weight excluding hydrogens is 328 g/mol. The third-order valence-electron chi connectivity index (χ3n) is 2.86. The predicted octanol–water partition coefficient (Wildman–Crippen LogP) is 1.13. The van der Waals surface area contributed by atoms with Crippen molar-refractivity contribution in [2.75, 3.05) is 46.1 Å². The van der Waals surface area contributed by atoms with Crippen molar-refractivity contribution in [2.45, 2.75) is 13.8 Å². The highest BCUT2D eigenvalue weighted by Gasteiger charge is 2.13. The van der Waals surface area contributed by atoms with E-state index in [1.807, 2.05) is 6.92 Å². The van der Waals surface area contributed by atoms with Gasteiger partial charge < -0.3 is 24.6 Å². The van der Waals surface area contributed by atoms with Crippen LogP contribution in [-0.2, 0) is 19.1 Å². The molecule has 0 unspecified atom stereocenters. The normalized spacial score (nSPS) is 9.40. The lowest BCUT2D eigenvalue weighted by molar-refractivity contribution is -0.140. The molecule has 8 heteroatoms. The van der Waals surface area contributed by atoms with Crippen LogP contribution in [-0.4, -0.2) is 78.1 Å². The van der Waals surface area contributed by atoms with E-state index in [0.717, 1.165) is 0 Å². The number of hydrogen-bond donors (Lipinski definition) is 2. The number of carboxylic acids is 2. The Labute approximate surface area is 148 Å². The molecule has 0 rings (SSSR count). The number of carbonyl (C=O) groups is 2. The molecule has 8 nitrogen and oxygen atoms in total. The molecule has 0 heterocycles. The molecule has 0 aliphatic heterocycles. The number of hydrogen-bond acceptors (Lipinski definition) is 6. The Balaban J connectivity index is 0. The fourth-order valence-corrected chi connectivity index (χ4v) is 1.66. The number of rotatable bonds is 13. The van der Waals surface area contributed by atoms with Gasteiger partial charge in [-0.25, -0.2) is 0 Å². The van der Waals surface area contributed by atoms with E-state index in [4.69, 9.17) is 19.7 Å². The lowest BCUT2D eigenvalue weighted by Crippen LogP contribution is -2.32. The minimum Gasteiger partial charge on any atom is -0.480 e. The first-order valence-corrected chi connectivity index (χ1v) is 7.71. The highest BCUT2D eigenvalue weighted by molar-refractivity contribution is 5.69. The van der Waals surface area contributed by atoms with Crippen LogP contribution < -0.4 is 0 Å². The van der Waals surface area contributed by atoms with Gasteiger partial charge in [-0.3, -0.25) is 14.5 Å². The monoisotopic (exact) mass is 354 g/mol. The molecular formula is C17H26N2O6. The maximum Gasteiger partial charge on any atom is 0.323 e. The largest absolute Gasteiger partial charge is 0.480 e. The summed E-state index contributed by atoms with van der Waals surface area (Å²) in [5.74, 6) is -1.74. The molecule has 0 aliphatic rings. The first-order valence-electron chi connectivity index (χ1n) is 7.71. The Hall–Kier alpha value is -2.68. The van der Waals surface area contributed by atoms with Gasteiger partial charge in [0.25, 0.3) is 0 Å². The van der Waals surface area contributed by atoms with Gasteiger partial charge in [-0.2, -0.15) is 0 Å². The van der Waals surface area contributed by atoms with Crippen molar-refractivity contribution in [3.63, 3.8) is 0 Å². The standard InChI is InChI=1S/C17H24N2O6.H2/c1-4-7-8-9-15(19(6-3)13-17(22)23)25-11-10-24-14-18(5-2)12-16(20)21;/h1,5-6,10-14H2,2-3H3,(H,20,21)(H,22,23);1H. The second-order valence-corrected chi connectivity index (χ2v) is 4.69. The SMILES string of the molecule is C=C=C=C=C=C(OCCOCN(CC)CC(=O)O)N(CC)CC(=O)O.[HH]. The van der Waals surface area contributed by atoms with Crippen LogP contribution in [0.15, 0.2) is 35.4 Å². The van der Waals surface area contributed by atoms with Crippen molar-refractivity contribution in [2.24, 2.45) is 0 Å². The molecule has 0 spiro atoms. The van der Waals surface area contributed by atoms with Crippen LogP contribution in [0.5, 0.6) is 0 Å². The van der Waals surface area contributed by atoms with Crippen molar-refractivity contribution in [3.05, 3.63) is 35.4 Å². The van der Waals surface area contributed by atoms with Gasteiger partial charge in [0.1, 0.15) is 13.2 Å². The van der Waals surface area contributed by atoms with Gasteiger partial charge in [-0.15, -0.1) is 0 Å². The smallest absolute Gasteiger partial charge is 0.323 e. The number of nitrogens with zero attached hydrogens (tertiary/aromatic N) is 2. The van der Waals surface area contributed by atoms with E-state index < -0.39 is 11.9 Å². The molecule has 0 aromatic heterocycles. The van der Waals surface area contributed by atoms with Crippen LogP contribution in [0, 0.1) is 0 Å². The van der Waals surface area contributed by atoms with Crippen molar-refractivity contribution >= 4 is 11.9 Å². The van der Waals surface area contributed by atoms with E-state index in [1.165, 1.54) is 4.90 Å². The molecule has 0 aromatic rings. The van der Waals surface area contributed by atoms with Crippen LogP contribution >= 0.6 is 0 Å². The van der Waals surface area contributed by atoms with E-state index in [9.17, 15) is 9.59 Å². The summed E-state index contributed by atoms with van der Waals surface area (Å²) in [6.07, 6.45) is 0. The first-order chi connectivity index (χ1) is 11.9. The van der Waals surface area contributed by atoms with Gasteiger partial charge in [0, 0.05) is 13.7 Å². The van der Waals surface area contributed by atoms with E-state index in [1.54, 1.807) is 11.8 Å². The summed E-state index contributed by atoms with van der Waals surface area (Å²) in [4.78, 5) is 24.6. The van der Waals surface area contributed by atoms with E-state index in [2.05, 4.69) is 29.5 Å². The maximum absolute atomic E-state index is 10.9. The van der Waals surface area contributed by atoms with E-state index >= 15 is 0 Å². The zero-order chi connectivity index (χ0) is 19.1. The van der Waals surface area contributed by atoms with Crippen LogP contribution in [0.4, 0.5) is 0 Å². The van der Waals surface area contributed by atoms with Gasteiger partial charge in [0.05, 0.1) is 19.9 Å². The predicted molar refractivity (Wildman–Crippen MR) is 91.8 cm³/mol.